The molecule has 2 aromatic rings. The van der Waals surface area contributed by atoms with Crippen molar-refractivity contribution in [3.63, 3.8) is 0 Å². The Morgan fingerprint density at radius 1 is 0.923 bits per heavy atom. The molecule has 3 rings (SSSR count). The number of aromatic hydroxyl groups is 2. The summed E-state index contributed by atoms with van der Waals surface area (Å²) in [4.78, 5) is 25.1. The molecule has 1 aliphatic rings. The molecule has 0 saturated carbocycles. The molecule has 0 fully saturated rings. The van der Waals surface area contributed by atoms with Gasteiger partial charge in [-0.15, -0.1) is 18.7 Å². The first-order chi connectivity index (χ1) is 11.6. The summed E-state index contributed by atoms with van der Waals surface area (Å²) < 4.78 is 25.3. The molecule has 0 saturated heterocycles. The van der Waals surface area contributed by atoms with Crippen molar-refractivity contribution < 1.29 is 62.0 Å². The summed E-state index contributed by atoms with van der Waals surface area (Å²) in [5.41, 5.74) is 11.3. The maximum atomic E-state index is 12.6. The van der Waals surface area contributed by atoms with Crippen molar-refractivity contribution in [1.29, 1.82) is 0 Å². The van der Waals surface area contributed by atoms with Crippen LogP contribution in [0.5, 0.6) is 11.5 Å². The number of aryl methyl sites for hydroxylation is 1. The molecule has 0 bridgehead atoms. The molecule has 0 unspecified atom stereocenters. The second-order valence-corrected chi connectivity index (χ2v) is 5.49. The van der Waals surface area contributed by atoms with Gasteiger partial charge in [-0.3, -0.25) is 4.79 Å². The molecule has 11 heteroatoms. The molecule has 1 aliphatic carbocycles. The van der Waals surface area contributed by atoms with Gasteiger partial charge in [-0.1, -0.05) is 11.3 Å². The number of phenols is 2. The van der Waals surface area contributed by atoms with Gasteiger partial charge in [-0.05, 0) is 24.1 Å². The number of phenolic OH excluding ortho intramolecular Hbond substituents is 2. The molecule has 130 valence electrons. The predicted octanol–water partition coefficient (Wildman–Crippen LogP) is -2.85. The Morgan fingerprint density at radius 3 is 1.92 bits per heavy atom. The first-order valence-electron chi connectivity index (χ1n) is 6.59. The third kappa shape index (κ3) is 3.58. The zero-order valence-corrected chi connectivity index (χ0v) is 16.5. The molecule has 0 atom stereocenters. The Labute approximate surface area is 171 Å². The van der Waals surface area contributed by atoms with Gasteiger partial charge in [-0.25, -0.2) is 0 Å². The Kier molecular flexibility index (Phi) is 6.55. The molecule has 0 amide bonds. The van der Waals surface area contributed by atoms with Crippen molar-refractivity contribution in [3.8, 4) is 11.5 Å². The van der Waals surface area contributed by atoms with E-state index in [-0.39, 0.29) is 68.9 Å². The summed E-state index contributed by atoms with van der Waals surface area (Å²) in [6.45, 7) is 1.57. The average molecular weight is 386 g/mol. The van der Waals surface area contributed by atoms with Crippen LogP contribution in [0.15, 0.2) is 12.1 Å². The molecule has 0 heterocycles. The quantitative estimate of drug-likeness (QED) is 0.137. The number of anilines is 2. The van der Waals surface area contributed by atoms with Crippen molar-refractivity contribution in [2.75, 3.05) is 11.5 Å². The zero-order chi connectivity index (χ0) is 19.0. The van der Waals surface area contributed by atoms with Crippen LogP contribution in [0.2, 0.25) is 0 Å². The van der Waals surface area contributed by atoms with Gasteiger partial charge in [0, 0.05) is 17.0 Å². The van der Waals surface area contributed by atoms with Gasteiger partial charge in [0.1, 0.15) is 11.5 Å². The fraction of sp³-hybridized carbons (Fsp3) is 0.0667. The smallest absolute Gasteiger partial charge is 0.533 e. The minimum absolute atomic E-state index is 0. The van der Waals surface area contributed by atoms with E-state index in [1.807, 2.05) is 0 Å². The zero-order valence-electron chi connectivity index (χ0n) is 13.7. The molecular weight excluding hydrogens is 375 g/mol. The van der Waals surface area contributed by atoms with Gasteiger partial charge < -0.3 is 26.5 Å². The third-order valence-corrected chi connectivity index (χ3v) is 3.57. The number of carbonyl (C=O) groups is 2. The van der Waals surface area contributed by atoms with Crippen LogP contribution in [0.1, 0.15) is 37.4 Å². The van der Waals surface area contributed by atoms with Crippen LogP contribution in [-0.4, -0.2) is 34.4 Å². The van der Waals surface area contributed by atoms with E-state index in [1.54, 1.807) is 6.92 Å². The summed E-state index contributed by atoms with van der Waals surface area (Å²) in [7, 11) is -3.11. The normalized spacial score (nSPS) is 11.4. The van der Waals surface area contributed by atoms with Crippen LogP contribution in [0.25, 0.3) is 0 Å². The van der Waals surface area contributed by atoms with Crippen molar-refractivity contribution in [2.45, 2.75) is 6.92 Å². The number of nitrogen functional groups attached to an aromatic ring is 2. The van der Waals surface area contributed by atoms with Gasteiger partial charge in [0.15, 0.2) is 5.78 Å². The average Bonchev–Trinajstić information content (AvgIpc) is 2.50. The molecule has 26 heavy (non-hydrogen) atoms. The van der Waals surface area contributed by atoms with Gasteiger partial charge in [0.25, 0.3) is 0 Å². The molecule has 0 aliphatic heterocycles. The Morgan fingerprint density at radius 2 is 1.38 bits per heavy atom. The van der Waals surface area contributed by atoms with Crippen molar-refractivity contribution in [1.82, 2.24) is 0 Å². The van der Waals surface area contributed by atoms with E-state index in [4.69, 9.17) is 24.1 Å². The molecule has 0 radical (unpaired) electrons. The number of carbonyl (C=O) groups excluding carboxylic acids is 2. The molecular formula is C15H11N2NaO7S. The van der Waals surface area contributed by atoms with E-state index in [0.717, 1.165) is 0 Å². The van der Waals surface area contributed by atoms with Crippen LogP contribution in [0.3, 0.4) is 0 Å². The van der Waals surface area contributed by atoms with Crippen molar-refractivity contribution >= 4 is 33.6 Å². The van der Waals surface area contributed by atoms with E-state index in [0.29, 0.717) is 5.56 Å². The molecule has 6 N–H and O–H groups in total. The number of benzene rings is 2. The Balaban J connectivity index is 0.000000616. The summed E-state index contributed by atoms with van der Waals surface area (Å²) in [6, 6.07) is 5.02. The van der Waals surface area contributed by atoms with Crippen LogP contribution >= 0.6 is 0 Å². The topological polar surface area (TPSA) is 178 Å². The van der Waals surface area contributed by atoms with Gasteiger partial charge in [0.2, 0.25) is 0 Å². The number of nitrogens with two attached hydrogens (primary N) is 2. The van der Waals surface area contributed by atoms with Crippen LogP contribution < -0.4 is 41.0 Å². The second kappa shape index (κ2) is 7.87. The molecule has 2 aromatic carbocycles. The molecule has 9 nitrogen and oxygen atoms in total. The maximum absolute atomic E-state index is 12.6. The Hall–Kier alpha value is -2.40. The molecule has 0 aromatic heterocycles. The third-order valence-electron chi connectivity index (χ3n) is 3.57. The summed E-state index contributed by atoms with van der Waals surface area (Å²) in [5.74, 6) is -2.08. The standard InChI is InChI=1S/C15H11N2O4.Na.O3S/c1-5-4-7(17)10-12(13(5)19)15(21)9-6(16)2-3-8(18)11(9)14(10)20;;1-4(2)3/h2,4,18-19H,16-17H2,1H3;;/q-1;+1;. The van der Waals surface area contributed by atoms with Gasteiger partial charge >= 0.3 is 40.2 Å². The van der Waals surface area contributed by atoms with Gasteiger partial charge in [0.05, 0.1) is 5.56 Å². The Bertz CT molecular complexity index is 1040. The largest absolute Gasteiger partial charge is 1.00 e. The first-order valence-corrected chi connectivity index (χ1v) is 7.59. The van der Waals surface area contributed by atoms with Crippen LogP contribution in [-0.2, 0) is 10.6 Å². The maximum Gasteiger partial charge on any atom is 1.00 e. The van der Waals surface area contributed by atoms with Crippen LogP contribution in [0.4, 0.5) is 11.4 Å². The van der Waals surface area contributed by atoms with Crippen molar-refractivity contribution in [2.24, 2.45) is 0 Å². The first kappa shape index (κ1) is 21.6. The van der Waals surface area contributed by atoms with Crippen molar-refractivity contribution in [3.05, 3.63) is 46.0 Å². The number of ketones is 2. The fourth-order valence-electron chi connectivity index (χ4n) is 2.57. The predicted molar refractivity (Wildman–Crippen MR) is 85.2 cm³/mol. The van der Waals surface area contributed by atoms with E-state index >= 15 is 0 Å². The second-order valence-electron chi connectivity index (χ2n) is 5.09. The number of fused-ring (bicyclic) bond motifs is 2. The summed E-state index contributed by atoms with van der Waals surface area (Å²) >= 11 is 0. The van der Waals surface area contributed by atoms with Gasteiger partial charge in [-0.2, -0.15) is 6.07 Å². The number of hydrogen-bond donors (Lipinski definition) is 4. The minimum atomic E-state index is -3.11. The van der Waals surface area contributed by atoms with E-state index in [1.165, 1.54) is 12.1 Å². The number of rotatable bonds is 0. The van der Waals surface area contributed by atoms with E-state index in [2.05, 4.69) is 6.07 Å². The fourth-order valence-corrected chi connectivity index (χ4v) is 2.57. The summed E-state index contributed by atoms with van der Waals surface area (Å²) in [6.07, 6.45) is 0. The van der Waals surface area contributed by atoms with Crippen LogP contribution in [0, 0.1) is 13.0 Å². The van der Waals surface area contributed by atoms with E-state index in [9.17, 15) is 19.8 Å². The summed E-state index contributed by atoms with van der Waals surface area (Å²) in [5, 5.41) is 19.9. The molecule has 0 spiro atoms. The minimum Gasteiger partial charge on any atom is -0.533 e. The van der Waals surface area contributed by atoms with E-state index < -0.39 is 27.9 Å². The monoisotopic (exact) mass is 386 g/mol. The SMILES string of the molecule is Cc1cc(N)c2c(c1O)C(=O)c1c(N)c[c-]c(O)c1C2=O.O=S(=O)=O.[Na+]. The number of hydrogen-bond acceptors (Lipinski definition) is 9.